The fraction of sp³-hybridized carbons (Fsp3) is 0.238. The molecule has 2 aromatic carbocycles. The topological polar surface area (TPSA) is 88.6 Å². The minimum absolute atomic E-state index is 0.0129. The van der Waals surface area contributed by atoms with Crippen LogP contribution in [0.15, 0.2) is 59.7 Å². The molecule has 1 fully saturated rings. The molecular weight excluding hydrogens is 368 g/mol. The smallest absolute Gasteiger partial charge is 0.294 e. The maximum absolute atomic E-state index is 11.2. The van der Waals surface area contributed by atoms with Gasteiger partial charge in [-0.15, -0.1) is 0 Å². The number of nitrogens with one attached hydrogen (secondary N) is 1. The first-order chi connectivity index (χ1) is 14.1. The van der Waals surface area contributed by atoms with Crippen LogP contribution >= 0.6 is 0 Å². The molecule has 29 heavy (non-hydrogen) atoms. The second-order valence-corrected chi connectivity index (χ2v) is 6.91. The summed E-state index contributed by atoms with van der Waals surface area (Å²) in [4.78, 5) is 13.1. The number of hydrogen-bond donors (Lipinski definition) is 1. The molecule has 4 rings (SSSR count). The molecule has 0 amide bonds. The van der Waals surface area contributed by atoms with Crippen molar-refractivity contribution < 1.29 is 4.92 Å². The van der Waals surface area contributed by atoms with Crippen molar-refractivity contribution in [1.29, 1.82) is 0 Å². The molecule has 1 aliphatic rings. The molecule has 1 aromatic heterocycles. The molecule has 3 aromatic rings. The normalized spacial score (nSPS) is 13.9. The molecule has 1 saturated heterocycles. The van der Waals surface area contributed by atoms with Crippen LogP contribution in [0.3, 0.4) is 0 Å². The highest BCUT2D eigenvalue weighted by molar-refractivity contribution is 5.89. The van der Waals surface area contributed by atoms with Gasteiger partial charge in [-0.05, 0) is 38.0 Å². The van der Waals surface area contributed by atoms with Gasteiger partial charge in [-0.25, -0.2) is 4.68 Å². The molecule has 0 unspecified atom stereocenters. The van der Waals surface area contributed by atoms with Crippen molar-refractivity contribution >= 4 is 23.4 Å². The fourth-order valence-corrected chi connectivity index (χ4v) is 3.55. The van der Waals surface area contributed by atoms with Crippen LogP contribution in [-0.2, 0) is 0 Å². The first-order valence-corrected chi connectivity index (χ1v) is 9.57. The highest BCUT2D eigenvalue weighted by Gasteiger charge is 2.23. The lowest BCUT2D eigenvalue weighted by atomic mass is 10.2. The zero-order valence-corrected chi connectivity index (χ0v) is 16.2. The third-order valence-corrected chi connectivity index (χ3v) is 4.97. The number of rotatable bonds is 6. The summed E-state index contributed by atoms with van der Waals surface area (Å²) in [6.07, 6.45) is 3.99. The van der Waals surface area contributed by atoms with Gasteiger partial charge in [-0.3, -0.25) is 15.5 Å². The zero-order valence-electron chi connectivity index (χ0n) is 16.2. The number of aromatic nitrogens is 2. The summed E-state index contributed by atoms with van der Waals surface area (Å²) in [5.74, 6) is 0.999. The third kappa shape index (κ3) is 3.82. The van der Waals surface area contributed by atoms with Crippen LogP contribution in [0.5, 0.6) is 0 Å². The predicted octanol–water partition coefficient (Wildman–Crippen LogP) is 4.14. The number of nitro benzene ring substituents is 1. The summed E-state index contributed by atoms with van der Waals surface area (Å²) in [5, 5.41) is 20.2. The molecule has 0 aliphatic carbocycles. The van der Waals surface area contributed by atoms with Crippen molar-refractivity contribution in [3.8, 4) is 5.69 Å². The van der Waals surface area contributed by atoms with Crippen molar-refractivity contribution in [2.75, 3.05) is 23.4 Å². The molecule has 1 N–H and O–H groups in total. The van der Waals surface area contributed by atoms with E-state index in [2.05, 4.69) is 15.4 Å². The van der Waals surface area contributed by atoms with Gasteiger partial charge in [-0.1, -0.05) is 30.3 Å². The maximum Gasteiger partial charge on any atom is 0.294 e. The molecule has 148 valence electrons. The summed E-state index contributed by atoms with van der Waals surface area (Å²) < 4.78 is 1.95. The number of hydrazone groups is 1. The lowest BCUT2D eigenvalue weighted by Gasteiger charge is -2.20. The molecule has 1 aliphatic heterocycles. The van der Waals surface area contributed by atoms with Gasteiger partial charge in [-0.2, -0.15) is 10.2 Å². The molecule has 8 nitrogen and oxygen atoms in total. The number of para-hydroxylation sites is 3. The first-order valence-electron chi connectivity index (χ1n) is 9.57. The van der Waals surface area contributed by atoms with Crippen molar-refractivity contribution in [3.05, 3.63) is 76.0 Å². The van der Waals surface area contributed by atoms with Gasteiger partial charge < -0.3 is 4.90 Å². The van der Waals surface area contributed by atoms with E-state index in [9.17, 15) is 10.1 Å². The van der Waals surface area contributed by atoms with Crippen LogP contribution < -0.4 is 10.3 Å². The van der Waals surface area contributed by atoms with Crippen molar-refractivity contribution in [3.63, 3.8) is 0 Å². The van der Waals surface area contributed by atoms with Crippen LogP contribution in [0.25, 0.3) is 5.69 Å². The summed E-state index contributed by atoms with van der Waals surface area (Å²) in [5.41, 5.74) is 5.89. The molecular formula is C21H22N6O2. The minimum Gasteiger partial charge on any atom is -0.356 e. The Morgan fingerprint density at radius 1 is 1.10 bits per heavy atom. The Bertz CT molecular complexity index is 1040. The number of nitro groups is 1. The van der Waals surface area contributed by atoms with E-state index in [1.54, 1.807) is 24.4 Å². The second kappa shape index (κ2) is 8.14. The summed E-state index contributed by atoms with van der Waals surface area (Å²) in [7, 11) is 0. The average Bonchev–Trinajstić information content (AvgIpc) is 3.37. The summed E-state index contributed by atoms with van der Waals surface area (Å²) >= 11 is 0. The average molecular weight is 390 g/mol. The molecule has 8 heteroatoms. The Labute approximate surface area is 168 Å². The molecule has 0 spiro atoms. The van der Waals surface area contributed by atoms with Gasteiger partial charge in [0.15, 0.2) is 0 Å². The number of aryl methyl sites for hydroxylation is 1. The standard InChI is InChI=1S/C21H22N6O2/c1-16-18(15-22-23-19-11-5-6-12-20(19)27(28)29)21(25-13-7-8-14-25)26(24-16)17-9-3-2-4-10-17/h2-6,9-12,15,23H,7-8,13-14H2,1H3/b22-15-. The Morgan fingerprint density at radius 3 is 2.52 bits per heavy atom. The zero-order chi connectivity index (χ0) is 20.2. The Balaban J connectivity index is 1.69. The van der Waals surface area contributed by atoms with Crippen molar-refractivity contribution in [2.45, 2.75) is 19.8 Å². The second-order valence-electron chi connectivity index (χ2n) is 6.91. The number of benzene rings is 2. The van der Waals surface area contributed by atoms with Gasteiger partial charge >= 0.3 is 0 Å². The Morgan fingerprint density at radius 2 is 1.79 bits per heavy atom. The lowest BCUT2D eigenvalue weighted by molar-refractivity contribution is -0.384. The summed E-state index contributed by atoms with van der Waals surface area (Å²) in [6, 6.07) is 16.5. The van der Waals surface area contributed by atoms with E-state index in [1.165, 1.54) is 6.07 Å². The van der Waals surface area contributed by atoms with E-state index in [-0.39, 0.29) is 5.69 Å². The van der Waals surface area contributed by atoms with Gasteiger partial charge in [0, 0.05) is 19.2 Å². The van der Waals surface area contributed by atoms with Crippen molar-refractivity contribution in [1.82, 2.24) is 9.78 Å². The van der Waals surface area contributed by atoms with E-state index in [1.807, 2.05) is 41.9 Å². The first kappa shape index (κ1) is 18.7. The van der Waals surface area contributed by atoms with Crippen LogP contribution in [0.2, 0.25) is 0 Å². The third-order valence-electron chi connectivity index (χ3n) is 4.97. The largest absolute Gasteiger partial charge is 0.356 e. The number of hydrogen-bond acceptors (Lipinski definition) is 6. The van der Waals surface area contributed by atoms with Gasteiger partial charge in [0.25, 0.3) is 5.69 Å². The van der Waals surface area contributed by atoms with E-state index >= 15 is 0 Å². The van der Waals surface area contributed by atoms with E-state index in [0.717, 1.165) is 48.7 Å². The highest BCUT2D eigenvalue weighted by atomic mass is 16.6. The Hall–Kier alpha value is -3.68. The van der Waals surface area contributed by atoms with Gasteiger partial charge in [0.2, 0.25) is 0 Å². The van der Waals surface area contributed by atoms with Gasteiger partial charge in [0.1, 0.15) is 11.5 Å². The molecule has 0 saturated carbocycles. The van der Waals surface area contributed by atoms with Gasteiger partial charge in [0.05, 0.1) is 28.1 Å². The SMILES string of the molecule is Cc1nn(-c2ccccc2)c(N2CCCC2)c1/C=N\Nc1ccccc1[N+](=O)[O-]. The van der Waals surface area contributed by atoms with E-state index in [0.29, 0.717) is 5.69 Å². The number of anilines is 2. The Kier molecular flexibility index (Phi) is 5.24. The predicted molar refractivity (Wildman–Crippen MR) is 114 cm³/mol. The lowest BCUT2D eigenvalue weighted by Crippen LogP contribution is -2.22. The van der Waals surface area contributed by atoms with E-state index in [4.69, 9.17) is 5.10 Å². The molecule has 0 radical (unpaired) electrons. The fourth-order valence-electron chi connectivity index (χ4n) is 3.55. The minimum atomic E-state index is -0.424. The quantitative estimate of drug-likeness (QED) is 0.388. The molecule has 2 heterocycles. The maximum atomic E-state index is 11.2. The summed E-state index contributed by atoms with van der Waals surface area (Å²) in [6.45, 7) is 3.89. The van der Waals surface area contributed by atoms with Crippen molar-refractivity contribution in [2.24, 2.45) is 5.10 Å². The van der Waals surface area contributed by atoms with Crippen LogP contribution in [0.1, 0.15) is 24.1 Å². The van der Waals surface area contributed by atoms with Crippen LogP contribution in [0, 0.1) is 17.0 Å². The monoisotopic (exact) mass is 390 g/mol. The van der Waals surface area contributed by atoms with Crippen LogP contribution in [0.4, 0.5) is 17.2 Å². The molecule has 0 atom stereocenters. The van der Waals surface area contributed by atoms with E-state index < -0.39 is 4.92 Å². The van der Waals surface area contributed by atoms with Crippen LogP contribution in [-0.4, -0.2) is 34.0 Å². The number of nitrogens with zero attached hydrogens (tertiary/aromatic N) is 5. The highest BCUT2D eigenvalue weighted by Crippen LogP contribution is 2.29. The molecule has 0 bridgehead atoms.